The van der Waals surface area contributed by atoms with E-state index in [2.05, 4.69) is 10.4 Å². The zero-order chi connectivity index (χ0) is 17.3. The van der Waals surface area contributed by atoms with Crippen LogP contribution >= 0.6 is 11.6 Å². The maximum atomic E-state index is 12.0. The Kier molecular flexibility index (Phi) is 4.26. The molecular weight excluding hydrogens is 332 g/mol. The van der Waals surface area contributed by atoms with Crippen molar-refractivity contribution in [2.75, 3.05) is 0 Å². The molecule has 0 fully saturated rings. The van der Waals surface area contributed by atoms with Crippen LogP contribution in [0.3, 0.4) is 0 Å². The molecule has 1 heterocycles. The molecule has 1 aromatic heterocycles. The molecule has 0 bridgehead atoms. The lowest BCUT2D eigenvalue weighted by atomic mass is 10.2. The van der Waals surface area contributed by atoms with Gasteiger partial charge in [-0.05, 0) is 35.0 Å². The van der Waals surface area contributed by atoms with Crippen LogP contribution in [0.15, 0.2) is 41.2 Å². The molecule has 0 aliphatic carbocycles. The third-order valence-corrected chi connectivity index (χ3v) is 3.87. The van der Waals surface area contributed by atoms with Crippen LogP contribution in [-0.4, -0.2) is 24.9 Å². The number of rotatable bonds is 4. The number of nitrogens with zero attached hydrogens (tertiary/aromatic N) is 4. The fourth-order valence-electron chi connectivity index (χ4n) is 2.26. The molecule has 2 aromatic carbocycles. The second-order valence-electron chi connectivity index (χ2n) is 5.28. The number of phenolic OH excluding ortho intramolecular Hbond substituents is 1. The van der Waals surface area contributed by atoms with Gasteiger partial charge < -0.3 is 9.84 Å². The lowest BCUT2D eigenvalue weighted by Gasteiger charge is -2.12. The lowest BCUT2D eigenvalue weighted by Crippen LogP contribution is -2.23. The van der Waals surface area contributed by atoms with Crippen LogP contribution in [0.1, 0.15) is 11.1 Å². The summed E-state index contributed by atoms with van der Waals surface area (Å²) in [4.78, 5) is 12.0. The third kappa shape index (κ3) is 2.98. The van der Waals surface area contributed by atoms with Gasteiger partial charge >= 0.3 is 5.69 Å². The summed E-state index contributed by atoms with van der Waals surface area (Å²) in [5.41, 5.74) is 1.78. The molecular formula is C16H15ClN4O3. The molecule has 3 rings (SSSR count). The molecule has 24 heavy (non-hydrogen) atoms. The molecule has 0 amide bonds. The average molecular weight is 347 g/mol. The van der Waals surface area contributed by atoms with E-state index in [1.54, 1.807) is 12.1 Å². The van der Waals surface area contributed by atoms with E-state index in [-0.39, 0.29) is 23.1 Å². The highest BCUT2D eigenvalue weighted by molar-refractivity contribution is 6.32. The van der Waals surface area contributed by atoms with Crippen LogP contribution < -0.4 is 10.4 Å². The summed E-state index contributed by atoms with van der Waals surface area (Å²) >= 11 is 5.92. The Morgan fingerprint density at radius 1 is 1.25 bits per heavy atom. The maximum absolute atomic E-state index is 12.0. The number of ether oxygens (including phenoxy) is 1. The fourth-order valence-corrected chi connectivity index (χ4v) is 2.42. The van der Waals surface area contributed by atoms with Crippen LogP contribution in [0.2, 0.25) is 5.02 Å². The van der Waals surface area contributed by atoms with Gasteiger partial charge in [-0.15, -0.1) is 0 Å². The number of aryl methyl sites for hydroxylation is 2. The zero-order valence-electron chi connectivity index (χ0n) is 13.1. The highest BCUT2D eigenvalue weighted by Crippen LogP contribution is 2.31. The van der Waals surface area contributed by atoms with Crippen molar-refractivity contribution >= 4 is 11.6 Å². The summed E-state index contributed by atoms with van der Waals surface area (Å²) < 4.78 is 8.17. The number of hydrogen-bond acceptors (Lipinski definition) is 5. The minimum atomic E-state index is -0.341. The Balaban J connectivity index is 1.91. The Morgan fingerprint density at radius 2 is 2.00 bits per heavy atom. The van der Waals surface area contributed by atoms with Gasteiger partial charge in [0.05, 0.1) is 10.7 Å². The molecule has 0 spiro atoms. The van der Waals surface area contributed by atoms with Gasteiger partial charge in [-0.3, -0.25) is 0 Å². The Bertz CT molecular complexity index is 949. The zero-order valence-corrected chi connectivity index (χ0v) is 13.9. The van der Waals surface area contributed by atoms with Crippen LogP contribution in [0.25, 0.3) is 5.69 Å². The molecule has 8 heteroatoms. The van der Waals surface area contributed by atoms with E-state index >= 15 is 0 Å². The van der Waals surface area contributed by atoms with Crippen LogP contribution in [0.4, 0.5) is 0 Å². The highest BCUT2D eigenvalue weighted by Gasteiger charge is 2.12. The normalized spacial score (nSPS) is 10.8. The van der Waals surface area contributed by atoms with Crippen molar-refractivity contribution in [2.45, 2.75) is 13.5 Å². The smallest absolute Gasteiger partial charge is 0.368 e. The van der Waals surface area contributed by atoms with Gasteiger partial charge in [-0.1, -0.05) is 29.8 Å². The van der Waals surface area contributed by atoms with Crippen LogP contribution in [-0.2, 0) is 13.7 Å². The summed E-state index contributed by atoms with van der Waals surface area (Å²) in [6, 6.07) is 10.4. The molecule has 0 radical (unpaired) electrons. The Labute approximate surface area is 142 Å². The molecule has 3 aromatic rings. The van der Waals surface area contributed by atoms with Gasteiger partial charge in [-0.25, -0.2) is 4.79 Å². The van der Waals surface area contributed by atoms with E-state index in [1.807, 2.05) is 25.1 Å². The summed E-state index contributed by atoms with van der Waals surface area (Å²) in [7, 11) is 1.53. The average Bonchev–Trinajstić information content (AvgIpc) is 2.89. The Hall–Kier alpha value is -2.80. The van der Waals surface area contributed by atoms with Crippen molar-refractivity contribution in [2.24, 2.45) is 7.05 Å². The summed E-state index contributed by atoms with van der Waals surface area (Å²) in [6.45, 7) is 2.02. The predicted octanol–water partition coefficient (Wildman–Crippen LogP) is 2.21. The van der Waals surface area contributed by atoms with E-state index in [9.17, 15) is 9.90 Å². The predicted molar refractivity (Wildman–Crippen MR) is 88.8 cm³/mol. The first-order valence-electron chi connectivity index (χ1n) is 7.16. The van der Waals surface area contributed by atoms with Gasteiger partial charge in [0.2, 0.25) is 0 Å². The molecule has 1 N–H and O–H groups in total. The monoisotopic (exact) mass is 346 g/mol. The minimum Gasteiger partial charge on any atom is -0.506 e. The number of aromatic hydroxyl groups is 1. The molecule has 0 unspecified atom stereocenters. The molecule has 0 saturated heterocycles. The second-order valence-corrected chi connectivity index (χ2v) is 5.69. The van der Waals surface area contributed by atoms with E-state index in [1.165, 1.54) is 17.8 Å². The highest BCUT2D eigenvalue weighted by atomic mass is 35.5. The molecule has 0 atom stereocenters. The molecule has 0 saturated carbocycles. The van der Waals surface area contributed by atoms with Gasteiger partial charge in [0.1, 0.15) is 18.1 Å². The van der Waals surface area contributed by atoms with Crippen molar-refractivity contribution in [1.29, 1.82) is 0 Å². The standard InChI is InChI=1S/C16H15ClN4O3/c1-10-7-14(22)12(17)8-15(10)24-9-11-5-3-4-6-13(11)21-16(23)20(2)18-19-21/h3-8,22H,9H2,1-2H3. The minimum absolute atomic E-state index is 0.00743. The maximum Gasteiger partial charge on any atom is 0.368 e. The number of halogens is 1. The number of benzene rings is 2. The summed E-state index contributed by atoms with van der Waals surface area (Å²) in [6.07, 6.45) is 0. The fraction of sp³-hybridized carbons (Fsp3) is 0.188. The molecule has 7 nitrogen and oxygen atoms in total. The van der Waals surface area contributed by atoms with E-state index in [0.29, 0.717) is 11.4 Å². The van der Waals surface area contributed by atoms with E-state index < -0.39 is 0 Å². The van der Waals surface area contributed by atoms with Gasteiger partial charge in [-0.2, -0.15) is 9.36 Å². The number of hydrogen-bond donors (Lipinski definition) is 1. The van der Waals surface area contributed by atoms with Crippen molar-refractivity contribution < 1.29 is 9.84 Å². The SMILES string of the molecule is Cc1cc(O)c(Cl)cc1OCc1ccccc1-n1nnn(C)c1=O. The van der Waals surface area contributed by atoms with Crippen molar-refractivity contribution in [3.05, 3.63) is 63.0 Å². The molecule has 124 valence electrons. The lowest BCUT2D eigenvalue weighted by molar-refractivity contribution is 0.303. The first kappa shape index (κ1) is 16.1. The molecule has 0 aliphatic rings. The van der Waals surface area contributed by atoms with Crippen molar-refractivity contribution in [1.82, 2.24) is 19.8 Å². The second kappa shape index (κ2) is 6.37. The summed E-state index contributed by atoms with van der Waals surface area (Å²) in [5.74, 6) is 0.562. The largest absolute Gasteiger partial charge is 0.506 e. The number of phenols is 1. The first-order valence-corrected chi connectivity index (χ1v) is 7.54. The van der Waals surface area contributed by atoms with Crippen LogP contribution in [0, 0.1) is 6.92 Å². The third-order valence-electron chi connectivity index (χ3n) is 3.57. The summed E-state index contributed by atoms with van der Waals surface area (Å²) in [5, 5.41) is 17.4. The Morgan fingerprint density at radius 3 is 2.71 bits per heavy atom. The number of para-hydroxylation sites is 1. The van der Waals surface area contributed by atoms with E-state index in [4.69, 9.17) is 16.3 Å². The van der Waals surface area contributed by atoms with Crippen molar-refractivity contribution in [3.8, 4) is 17.2 Å². The quantitative estimate of drug-likeness (QED) is 0.783. The van der Waals surface area contributed by atoms with Crippen LogP contribution in [0.5, 0.6) is 11.5 Å². The van der Waals surface area contributed by atoms with E-state index in [0.717, 1.165) is 15.8 Å². The number of tetrazole rings is 1. The van der Waals surface area contributed by atoms with Gasteiger partial charge in [0.25, 0.3) is 0 Å². The molecule has 0 aliphatic heterocycles. The van der Waals surface area contributed by atoms with Crippen molar-refractivity contribution in [3.63, 3.8) is 0 Å². The number of aromatic nitrogens is 4. The van der Waals surface area contributed by atoms with Gasteiger partial charge in [0.15, 0.2) is 0 Å². The topological polar surface area (TPSA) is 82.2 Å². The first-order chi connectivity index (χ1) is 11.5. The van der Waals surface area contributed by atoms with Gasteiger partial charge in [0, 0.05) is 18.7 Å².